The molecule has 1 heterocycles. The quantitative estimate of drug-likeness (QED) is 0.0261. The van der Waals surface area contributed by atoms with Crippen LogP contribution in [-0.4, -0.2) is 87.5 Å². The van der Waals surface area contributed by atoms with Crippen molar-refractivity contribution in [3.05, 3.63) is 72.9 Å². The fourth-order valence-corrected chi connectivity index (χ4v) is 8.56. The van der Waals surface area contributed by atoms with E-state index in [-0.39, 0.29) is 12.5 Å². The second-order valence-electron chi connectivity index (χ2n) is 19.3. The molecule has 0 radical (unpaired) electrons. The lowest BCUT2D eigenvalue weighted by Gasteiger charge is -2.40. The Morgan fingerprint density at radius 1 is 0.515 bits per heavy atom. The summed E-state index contributed by atoms with van der Waals surface area (Å²) in [6.45, 7) is 3.61. The zero-order valence-corrected chi connectivity index (χ0v) is 43.6. The number of nitrogens with one attached hydrogen (secondary N) is 1. The summed E-state index contributed by atoms with van der Waals surface area (Å²) in [5.74, 6) is -0.193. The zero-order valence-electron chi connectivity index (χ0n) is 43.6. The Hall–Kier alpha value is -2.37. The van der Waals surface area contributed by atoms with Crippen molar-refractivity contribution in [2.24, 2.45) is 0 Å². The summed E-state index contributed by atoms with van der Waals surface area (Å²) < 4.78 is 11.2. The number of amides is 1. The molecule has 0 aromatic rings. The highest BCUT2D eigenvalue weighted by Gasteiger charge is 2.44. The fraction of sp³-hybridized carbons (Fsp3) is 0.780. The normalized spacial score (nSPS) is 20.1. The number of aliphatic hydroxyl groups excluding tert-OH is 5. The molecule has 1 saturated heterocycles. The van der Waals surface area contributed by atoms with Crippen LogP contribution < -0.4 is 5.32 Å². The standard InChI is InChI=1S/C59H105NO8/c1-3-5-7-9-11-13-15-16-17-18-19-20-21-22-23-24-25-26-27-28-29-30-31-32-33-34-35-36-37-38-39-41-43-45-47-49-55(63)60-52(51-67-59-58(66)57(65)56(64)54(50-61)68-59)53(62)48-46-44-42-40-14-12-10-8-6-4-2/h6,8,14-16,18-19,21-22,40,46,48,52-54,56-59,61-62,64-66H,3-5,7,9-13,17,20,23-39,41-45,47,49-51H2,1-2H3,(H,60,63)/b8-6+,16-15-,19-18-,22-21-,40-14+,48-46+. The third-order valence-electron chi connectivity index (χ3n) is 13.0. The van der Waals surface area contributed by atoms with Crippen molar-refractivity contribution < 1.29 is 39.8 Å². The van der Waals surface area contributed by atoms with Gasteiger partial charge < -0.3 is 40.3 Å². The minimum Gasteiger partial charge on any atom is -0.394 e. The molecule has 1 aliphatic rings. The molecule has 1 amide bonds. The van der Waals surface area contributed by atoms with Crippen LogP contribution in [0.25, 0.3) is 0 Å². The maximum atomic E-state index is 13.0. The van der Waals surface area contributed by atoms with Crippen LogP contribution in [0.4, 0.5) is 0 Å². The van der Waals surface area contributed by atoms with E-state index in [9.17, 15) is 30.3 Å². The van der Waals surface area contributed by atoms with Gasteiger partial charge in [0.25, 0.3) is 0 Å². The molecule has 0 bridgehead atoms. The highest BCUT2D eigenvalue weighted by molar-refractivity contribution is 5.76. The largest absolute Gasteiger partial charge is 0.394 e. The number of allylic oxidation sites excluding steroid dienone is 11. The lowest BCUT2D eigenvalue weighted by atomic mass is 9.99. The summed E-state index contributed by atoms with van der Waals surface area (Å²) >= 11 is 0. The lowest BCUT2D eigenvalue weighted by Crippen LogP contribution is -2.60. The summed E-state index contributed by atoms with van der Waals surface area (Å²) in [4.78, 5) is 13.0. The maximum absolute atomic E-state index is 13.0. The molecule has 0 aromatic carbocycles. The van der Waals surface area contributed by atoms with Crippen molar-refractivity contribution in [3.63, 3.8) is 0 Å². The van der Waals surface area contributed by atoms with Crippen LogP contribution in [0, 0.1) is 0 Å². The molecule has 1 aliphatic heterocycles. The molecular weight excluding hydrogens is 851 g/mol. The van der Waals surface area contributed by atoms with Crippen LogP contribution in [0.1, 0.15) is 239 Å². The predicted octanol–water partition coefficient (Wildman–Crippen LogP) is 13.7. The van der Waals surface area contributed by atoms with Crippen LogP contribution in [0.5, 0.6) is 0 Å². The Kier molecular flexibility index (Phi) is 45.2. The van der Waals surface area contributed by atoms with E-state index < -0.39 is 49.5 Å². The molecule has 1 rings (SSSR count). The Labute approximate surface area is 417 Å². The van der Waals surface area contributed by atoms with Gasteiger partial charge in [-0.25, -0.2) is 0 Å². The lowest BCUT2D eigenvalue weighted by molar-refractivity contribution is -0.302. The highest BCUT2D eigenvalue weighted by atomic mass is 16.7. The number of carbonyl (C=O) groups is 1. The molecule has 9 nitrogen and oxygen atoms in total. The summed E-state index contributed by atoms with van der Waals surface area (Å²) in [5, 5.41) is 54.2. The van der Waals surface area contributed by atoms with Crippen LogP contribution >= 0.6 is 0 Å². The first-order chi connectivity index (χ1) is 33.3. The number of hydrogen-bond donors (Lipinski definition) is 6. The summed E-state index contributed by atoms with van der Waals surface area (Å²) in [5.41, 5.74) is 0. The van der Waals surface area contributed by atoms with Gasteiger partial charge in [0.1, 0.15) is 24.4 Å². The smallest absolute Gasteiger partial charge is 0.220 e. The average Bonchev–Trinajstić information content (AvgIpc) is 3.34. The predicted molar refractivity (Wildman–Crippen MR) is 285 cm³/mol. The van der Waals surface area contributed by atoms with Crippen LogP contribution in [-0.2, 0) is 14.3 Å². The average molecular weight is 956 g/mol. The third-order valence-corrected chi connectivity index (χ3v) is 13.0. The molecule has 7 unspecified atom stereocenters. The second kappa shape index (κ2) is 48.3. The Bertz CT molecular complexity index is 1290. The van der Waals surface area contributed by atoms with E-state index >= 15 is 0 Å². The SMILES string of the molecule is CC/C=C/CC/C=C/CC/C=C/C(O)C(COC1OC(CO)C(O)C(O)C1O)NC(=O)CCCCCCCCCCCCCCCCCCCCCC/C=C\C/C=C\C/C=C\CCCCCCC. The van der Waals surface area contributed by atoms with Crippen molar-refractivity contribution in [3.8, 4) is 0 Å². The molecule has 6 N–H and O–H groups in total. The number of unbranched alkanes of at least 4 members (excludes halogenated alkanes) is 27. The molecule has 0 saturated carbocycles. The van der Waals surface area contributed by atoms with Crippen molar-refractivity contribution in [2.75, 3.05) is 13.2 Å². The first kappa shape index (κ1) is 63.6. The van der Waals surface area contributed by atoms with E-state index in [0.29, 0.717) is 6.42 Å². The first-order valence-corrected chi connectivity index (χ1v) is 28.2. The number of ether oxygens (including phenoxy) is 2. The van der Waals surface area contributed by atoms with E-state index in [2.05, 4.69) is 79.9 Å². The van der Waals surface area contributed by atoms with E-state index in [1.807, 2.05) is 6.08 Å². The van der Waals surface area contributed by atoms with E-state index in [1.165, 1.54) is 154 Å². The summed E-state index contributed by atoms with van der Waals surface area (Å²) in [6, 6.07) is -0.828. The molecule has 0 aliphatic carbocycles. The van der Waals surface area contributed by atoms with Gasteiger partial charge in [-0.2, -0.15) is 0 Å². The Morgan fingerprint density at radius 2 is 0.926 bits per heavy atom. The summed E-state index contributed by atoms with van der Waals surface area (Å²) in [7, 11) is 0. The topological polar surface area (TPSA) is 149 Å². The van der Waals surface area contributed by atoms with E-state index in [4.69, 9.17) is 9.47 Å². The number of rotatable bonds is 47. The van der Waals surface area contributed by atoms with Gasteiger partial charge in [0.15, 0.2) is 6.29 Å². The number of hydrogen-bond acceptors (Lipinski definition) is 8. The maximum Gasteiger partial charge on any atom is 0.220 e. The van der Waals surface area contributed by atoms with E-state index in [1.54, 1.807) is 6.08 Å². The van der Waals surface area contributed by atoms with Crippen LogP contribution in [0.15, 0.2) is 72.9 Å². The van der Waals surface area contributed by atoms with Gasteiger partial charge >= 0.3 is 0 Å². The monoisotopic (exact) mass is 956 g/mol. The molecule has 9 heteroatoms. The van der Waals surface area contributed by atoms with Crippen molar-refractivity contribution in [1.82, 2.24) is 5.32 Å². The highest BCUT2D eigenvalue weighted by Crippen LogP contribution is 2.23. The first-order valence-electron chi connectivity index (χ1n) is 28.2. The Morgan fingerprint density at radius 3 is 1.40 bits per heavy atom. The Balaban J connectivity index is 2.07. The summed E-state index contributed by atoms with van der Waals surface area (Å²) in [6.07, 6.45) is 60.1. The zero-order chi connectivity index (χ0) is 49.4. The molecule has 0 spiro atoms. The van der Waals surface area contributed by atoms with Gasteiger partial charge in [0.05, 0.1) is 25.4 Å². The number of carbonyl (C=O) groups excluding carboxylic acids is 1. The van der Waals surface area contributed by atoms with Gasteiger partial charge in [-0.15, -0.1) is 0 Å². The molecule has 7 atom stereocenters. The van der Waals surface area contributed by atoms with Gasteiger partial charge in [0.2, 0.25) is 5.91 Å². The minimum absolute atomic E-state index is 0.193. The molecule has 394 valence electrons. The van der Waals surface area contributed by atoms with Crippen LogP contribution in [0.3, 0.4) is 0 Å². The van der Waals surface area contributed by atoms with Crippen LogP contribution in [0.2, 0.25) is 0 Å². The van der Waals surface area contributed by atoms with Gasteiger partial charge in [-0.3, -0.25) is 4.79 Å². The van der Waals surface area contributed by atoms with Gasteiger partial charge in [0, 0.05) is 6.42 Å². The second-order valence-corrected chi connectivity index (χ2v) is 19.3. The fourth-order valence-electron chi connectivity index (χ4n) is 8.56. The van der Waals surface area contributed by atoms with Crippen molar-refractivity contribution >= 4 is 5.91 Å². The van der Waals surface area contributed by atoms with Gasteiger partial charge in [-0.1, -0.05) is 228 Å². The molecule has 1 fully saturated rings. The van der Waals surface area contributed by atoms with Crippen molar-refractivity contribution in [2.45, 2.75) is 281 Å². The molecule has 0 aromatic heterocycles. The minimum atomic E-state index is -1.57. The third kappa shape index (κ3) is 37.5. The van der Waals surface area contributed by atoms with Gasteiger partial charge in [-0.05, 0) is 77.0 Å². The molecule has 68 heavy (non-hydrogen) atoms. The van der Waals surface area contributed by atoms with E-state index in [0.717, 1.165) is 64.2 Å². The van der Waals surface area contributed by atoms with Crippen molar-refractivity contribution in [1.29, 1.82) is 0 Å². The number of aliphatic hydroxyl groups is 5. The molecular formula is C59H105NO8.